The number of carbonyl (C=O) groups is 1. The molecule has 12 heteroatoms. The number of fused-ring (bicyclic) bond motifs is 1. The number of carboxylic acids is 1. The van der Waals surface area contributed by atoms with Crippen LogP contribution in [0.4, 0.5) is 5.95 Å². The number of anilines is 1. The minimum Gasteiger partial charge on any atom is -0.481 e. The topological polar surface area (TPSA) is 110 Å². The molecule has 44 heavy (non-hydrogen) atoms. The lowest BCUT2D eigenvalue weighted by atomic mass is 9.93. The molecule has 3 aromatic heterocycles. The van der Waals surface area contributed by atoms with E-state index in [0.717, 1.165) is 55.7 Å². The van der Waals surface area contributed by atoms with Crippen LogP contribution >= 0.6 is 23.2 Å². The molecule has 0 aliphatic carbocycles. The molecule has 230 valence electrons. The van der Waals surface area contributed by atoms with Crippen LogP contribution < -0.4 is 9.64 Å². The highest BCUT2D eigenvalue weighted by Crippen LogP contribution is 2.31. The van der Waals surface area contributed by atoms with Crippen molar-refractivity contribution in [2.75, 3.05) is 24.5 Å². The third-order valence-electron chi connectivity index (χ3n) is 8.21. The summed E-state index contributed by atoms with van der Waals surface area (Å²) in [5.74, 6) is 1.02. The molecule has 0 bridgehead atoms. The van der Waals surface area contributed by atoms with Gasteiger partial charge in [-0.1, -0.05) is 23.2 Å². The number of aromatic nitrogens is 5. The predicted octanol–water partition coefficient (Wildman–Crippen LogP) is 6.66. The first-order chi connectivity index (χ1) is 21.2. The number of aliphatic carboxylic acids is 1. The Bertz CT molecular complexity index is 1620. The number of piperidine rings is 1. The zero-order valence-corrected chi connectivity index (χ0v) is 26.3. The van der Waals surface area contributed by atoms with E-state index in [9.17, 15) is 4.79 Å². The summed E-state index contributed by atoms with van der Waals surface area (Å²) in [5, 5.41) is 10.2. The highest BCUT2D eigenvalue weighted by molar-refractivity contribution is 6.35. The van der Waals surface area contributed by atoms with Crippen molar-refractivity contribution in [3.05, 3.63) is 76.0 Å². The van der Waals surface area contributed by atoms with E-state index in [0.29, 0.717) is 52.4 Å². The van der Waals surface area contributed by atoms with Gasteiger partial charge in [0.1, 0.15) is 0 Å². The molecule has 5 heterocycles. The summed E-state index contributed by atoms with van der Waals surface area (Å²) in [5.41, 5.74) is 4.83. The standard InChI is InChI=1S/C32H35Cl2N7O3/c1-20(2)41-19-37-27-5-8-40(18-29(27)41)32-35-15-26(16-36-32)44-30-10-22(17-39-6-3-21(4-7-39)11-31(42)43)9-28(38-30)23-12-24(33)14-25(34)13-23/h9-10,12-16,19-21H,3-8,11,17-18H2,1-2H3,(H,42,43). The van der Waals surface area contributed by atoms with Gasteiger partial charge in [-0.2, -0.15) is 0 Å². The summed E-state index contributed by atoms with van der Waals surface area (Å²) in [6, 6.07) is 9.62. The molecule has 0 amide bonds. The van der Waals surface area contributed by atoms with E-state index in [2.05, 4.69) is 43.2 Å². The van der Waals surface area contributed by atoms with Gasteiger partial charge in [-0.25, -0.2) is 19.9 Å². The van der Waals surface area contributed by atoms with Crippen LogP contribution in [-0.2, 0) is 24.3 Å². The van der Waals surface area contributed by atoms with Gasteiger partial charge >= 0.3 is 5.97 Å². The molecule has 2 aliphatic heterocycles. The van der Waals surface area contributed by atoms with E-state index in [-0.39, 0.29) is 12.3 Å². The lowest BCUT2D eigenvalue weighted by Gasteiger charge is -2.31. The molecule has 1 N–H and O–H groups in total. The summed E-state index contributed by atoms with van der Waals surface area (Å²) in [4.78, 5) is 34.3. The molecule has 2 aliphatic rings. The first-order valence-electron chi connectivity index (χ1n) is 14.9. The van der Waals surface area contributed by atoms with Crippen LogP contribution in [0.3, 0.4) is 0 Å². The van der Waals surface area contributed by atoms with Gasteiger partial charge < -0.3 is 19.3 Å². The van der Waals surface area contributed by atoms with Crippen LogP contribution in [-0.4, -0.2) is 60.1 Å². The molecule has 0 atom stereocenters. The van der Waals surface area contributed by atoms with Gasteiger partial charge in [0.15, 0.2) is 5.75 Å². The van der Waals surface area contributed by atoms with Crippen molar-refractivity contribution in [2.24, 2.45) is 5.92 Å². The van der Waals surface area contributed by atoms with E-state index >= 15 is 0 Å². The van der Waals surface area contributed by atoms with Crippen LogP contribution in [0.1, 0.15) is 56.1 Å². The average molecular weight is 637 g/mol. The Hall–Kier alpha value is -3.73. The summed E-state index contributed by atoms with van der Waals surface area (Å²) < 4.78 is 8.42. The van der Waals surface area contributed by atoms with Gasteiger partial charge in [-0.3, -0.25) is 9.69 Å². The van der Waals surface area contributed by atoms with E-state index in [1.54, 1.807) is 18.5 Å². The Kier molecular flexibility index (Phi) is 9.02. The van der Waals surface area contributed by atoms with Crippen LogP contribution in [0.2, 0.25) is 10.0 Å². The third kappa shape index (κ3) is 7.14. The van der Waals surface area contributed by atoms with Crippen molar-refractivity contribution in [3.63, 3.8) is 0 Å². The number of benzene rings is 1. The lowest BCUT2D eigenvalue weighted by Crippen LogP contribution is -2.33. The fourth-order valence-corrected chi connectivity index (χ4v) is 6.50. The Balaban J connectivity index is 1.20. The highest BCUT2D eigenvalue weighted by Gasteiger charge is 2.24. The molecule has 1 saturated heterocycles. The normalized spacial score (nSPS) is 15.9. The predicted molar refractivity (Wildman–Crippen MR) is 169 cm³/mol. The van der Waals surface area contributed by atoms with Gasteiger partial charge in [0.2, 0.25) is 11.8 Å². The second-order valence-electron chi connectivity index (χ2n) is 11.8. The number of carboxylic acid groups (broad SMARTS) is 1. The average Bonchev–Trinajstić information content (AvgIpc) is 3.42. The number of imidazole rings is 1. The molecule has 1 aromatic carbocycles. The Morgan fingerprint density at radius 1 is 1.02 bits per heavy atom. The second kappa shape index (κ2) is 13.1. The third-order valence-corrected chi connectivity index (χ3v) is 8.65. The lowest BCUT2D eigenvalue weighted by molar-refractivity contribution is -0.138. The smallest absolute Gasteiger partial charge is 0.303 e. The minimum atomic E-state index is -0.732. The molecule has 0 unspecified atom stereocenters. The number of halogens is 2. The summed E-state index contributed by atoms with van der Waals surface area (Å²) in [6.07, 6.45) is 8.07. The first kappa shape index (κ1) is 30.3. The molecular formula is C32H35Cl2N7O3. The van der Waals surface area contributed by atoms with Gasteiger partial charge in [0, 0.05) is 53.6 Å². The van der Waals surface area contributed by atoms with Gasteiger partial charge in [-0.15, -0.1) is 0 Å². The van der Waals surface area contributed by atoms with Crippen LogP contribution in [0, 0.1) is 5.92 Å². The molecule has 6 rings (SSSR count). The maximum atomic E-state index is 11.1. The van der Waals surface area contributed by atoms with Crippen molar-refractivity contribution < 1.29 is 14.6 Å². The van der Waals surface area contributed by atoms with Crippen molar-refractivity contribution in [1.82, 2.24) is 29.4 Å². The first-order valence-corrected chi connectivity index (χ1v) is 15.7. The van der Waals surface area contributed by atoms with Crippen molar-refractivity contribution in [1.29, 1.82) is 0 Å². The van der Waals surface area contributed by atoms with Gasteiger partial charge in [0.05, 0.1) is 42.3 Å². The van der Waals surface area contributed by atoms with E-state index in [4.69, 9.17) is 38.0 Å². The number of hydrogen-bond donors (Lipinski definition) is 1. The molecule has 4 aromatic rings. The number of ether oxygens (including phenoxy) is 1. The monoisotopic (exact) mass is 635 g/mol. The number of rotatable bonds is 9. The number of likely N-dealkylation sites (tertiary alicyclic amines) is 1. The van der Waals surface area contributed by atoms with Gasteiger partial charge in [0.25, 0.3) is 0 Å². The zero-order valence-electron chi connectivity index (χ0n) is 24.8. The van der Waals surface area contributed by atoms with Crippen LogP contribution in [0.5, 0.6) is 11.6 Å². The quantitative estimate of drug-likeness (QED) is 0.216. The molecular weight excluding hydrogens is 601 g/mol. The number of pyridine rings is 1. The maximum Gasteiger partial charge on any atom is 0.303 e. The Labute approximate surface area is 266 Å². The van der Waals surface area contributed by atoms with E-state index in [1.807, 2.05) is 30.6 Å². The Morgan fingerprint density at radius 2 is 1.75 bits per heavy atom. The van der Waals surface area contributed by atoms with E-state index < -0.39 is 5.97 Å². The molecule has 0 spiro atoms. The number of nitrogens with zero attached hydrogens (tertiary/aromatic N) is 7. The fraction of sp³-hybridized carbons (Fsp3) is 0.406. The van der Waals surface area contributed by atoms with Crippen LogP contribution in [0.25, 0.3) is 11.3 Å². The largest absolute Gasteiger partial charge is 0.481 e. The van der Waals surface area contributed by atoms with E-state index in [1.165, 1.54) is 5.69 Å². The zero-order chi connectivity index (χ0) is 30.8. The maximum absolute atomic E-state index is 11.1. The fourth-order valence-electron chi connectivity index (χ4n) is 5.98. The number of hydrogen-bond acceptors (Lipinski definition) is 8. The summed E-state index contributed by atoms with van der Waals surface area (Å²) in [7, 11) is 0. The van der Waals surface area contributed by atoms with Gasteiger partial charge in [-0.05, 0) is 75.5 Å². The highest BCUT2D eigenvalue weighted by atomic mass is 35.5. The second-order valence-corrected chi connectivity index (χ2v) is 12.7. The minimum absolute atomic E-state index is 0.219. The summed E-state index contributed by atoms with van der Waals surface area (Å²) in [6.45, 7) is 8.16. The molecule has 10 nitrogen and oxygen atoms in total. The van der Waals surface area contributed by atoms with Crippen molar-refractivity contribution in [3.8, 4) is 22.9 Å². The SMILES string of the molecule is CC(C)n1cnc2c1CN(c1ncc(Oc3cc(CN4CCC(CC(=O)O)CC4)cc(-c4cc(Cl)cc(Cl)c4)n3)cn1)CC2. The molecule has 1 fully saturated rings. The Morgan fingerprint density at radius 3 is 2.43 bits per heavy atom. The molecule has 0 radical (unpaired) electrons. The van der Waals surface area contributed by atoms with Crippen LogP contribution in [0.15, 0.2) is 49.1 Å². The van der Waals surface area contributed by atoms with Crippen molar-refractivity contribution >= 4 is 35.1 Å². The molecule has 0 saturated carbocycles. The van der Waals surface area contributed by atoms with Crippen molar-refractivity contribution in [2.45, 2.75) is 58.7 Å². The summed E-state index contributed by atoms with van der Waals surface area (Å²) >= 11 is 12.6.